The van der Waals surface area contributed by atoms with Gasteiger partial charge in [0.1, 0.15) is 5.54 Å². The zero-order chi connectivity index (χ0) is 18.2. The first-order valence-electron chi connectivity index (χ1n) is 9.71. The lowest BCUT2D eigenvalue weighted by atomic mass is 9.61. The van der Waals surface area contributed by atoms with E-state index in [9.17, 15) is 10.0 Å². The van der Waals surface area contributed by atoms with Crippen LogP contribution >= 0.6 is 0 Å². The molecule has 2 rings (SSSR count). The second kappa shape index (κ2) is 7.03. The van der Waals surface area contributed by atoms with Crippen LogP contribution in [0, 0.1) is 28.1 Å². The van der Waals surface area contributed by atoms with Crippen molar-refractivity contribution in [2.24, 2.45) is 28.3 Å². The van der Waals surface area contributed by atoms with Gasteiger partial charge in [-0.25, -0.2) is 0 Å². The molecular weight excluding hydrogens is 302 g/mol. The summed E-state index contributed by atoms with van der Waals surface area (Å²) < 4.78 is 6.39. The van der Waals surface area contributed by atoms with E-state index in [0.29, 0.717) is 18.3 Å². The van der Waals surface area contributed by atoms with Crippen LogP contribution in [0.1, 0.15) is 86.5 Å². The summed E-state index contributed by atoms with van der Waals surface area (Å²) in [6.07, 6.45) is 5.42. The van der Waals surface area contributed by atoms with Gasteiger partial charge in [-0.3, -0.25) is 0 Å². The zero-order valence-electron chi connectivity index (χ0n) is 16.5. The zero-order valence-corrected chi connectivity index (χ0v) is 16.5. The molecule has 0 radical (unpaired) electrons. The Balaban J connectivity index is 2.18. The quantitative estimate of drug-likeness (QED) is 0.529. The average molecular weight is 340 g/mol. The number of fused-ring (bicyclic) bond motifs is 2. The van der Waals surface area contributed by atoms with Crippen LogP contribution < -0.4 is 0 Å². The lowest BCUT2D eigenvalue weighted by Crippen LogP contribution is -2.54. The first kappa shape index (κ1) is 19.8. The van der Waals surface area contributed by atoms with Crippen molar-refractivity contribution in [3.63, 3.8) is 0 Å². The molecular formula is C20H37NO3. The molecule has 1 N–H and O–H groups in total. The molecule has 0 aromatic rings. The number of hydrogen-bond donors (Lipinski definition) is 1. The Bertz CT molecular complexity index is 445. The van der Waals surface area contributed by atoms with Gasteiger partial charge in [0.05, 0.1) is 5.60 Å². The number of rotatable bonds is 6. The highest BCUT2D eigenvalue weighted by Crippen LogP contribution is 2.52. The van der Waals surface area contributed by atoms with E-state index >= 15 is 0 Å². The summed E-state index contributed by atoms with van der Waals surface area (Å²) in [5, 5.41) is 14.5. The SMILES string of the molecule is CC(C)CC(C(O)OC12CCCC(N=O)(CC(C)C1)C2)C(C)(C)C. The van der Waals surface area contributed by atoms with Crippen LogP contribution in [0.15, 0.2) is 5.18 Å². The van der Waals surface area contributed by atoms with Crippen molar-refractivity contribution in [3.8, 4) is 0 Å². The summed E-state index contributed by atoms with van der Waals surface area (Å²) in [7, 11) is 0. The summed E-state index contributed by atoms with van der Waals surface area (Å²) >= 11 is 0. The van der Waals surface area contributed by atoms with Gasteiger partial charge in [0.2, 0.25) is 0 Å². The lowest BCUT2D eigenvalue weighted by Gasteiger charge is -2.52. The van der Waals surface area contributed by atoms with Crippen molar-refractivity contribution in [2.75, 3.05) is 0 Å². The van der Waals surface area contributed by atoms with E-state index in [0.717, 1.165) is 38.5 Å². The molecule has 2 aliphatic rings. The van der Waals surface area contributed by atoms with E-state index in [4.69, 9.17) is 4.74 Å². The van der Waals surface area contributed by atoms with E-state index < -0.39 is 11.8 Å². The lowest BCUT2D eigenvalue weighted by molar-refractivity contribution is -0.252. The monoisotopic (exact) mass is 339 g/mol. The summed E-state index contributed by atoms with van der Waals surface area (Å²) in [4.78, 5) is 11.5. The molecule has 140 valence electrons. The Hall–Kier alpha value is -0.480. The summed E-state index contributed by atoms with van der Waals surface area (Å²) in [6.45, 7) is 13.1. The Morgan fingerprint density at radius 2 is 1.92 bits per heavy atom. The van der Waals surface area contributed by atoms with Crippen molar-refractivity contribution in [1.29, 1.82) is 0 Å². The van der Waals surface area contributed by atoms with Crippen LogP contribution in [0.25, 0.3) is 0 Å². The normalized spacial score (nSPS) is 36.4. The average Bonchev–Trinajstić information content (AvgIpc) is 2.42. The molecule has 5 unspecified atom stereocenters. The Kier molecular flexibility index (Phi) is 5.81. The van der Waals surface area contributed by atoms with E-state index in [1.165, 1.54) is 0 Å². The molecule has 0 spiro atoms. The van der Waals surface area contributed by atoms with Crippen molar-refractivity contribution >= 4 is 0 Å². The Morgan fingerprint density at radius 1 is 1.25 bits per heavy atom. The highest BCUT2D eigenvalue weighted by atomic mass is 16.6. The third-order valence-electron chi connectivity index (χ3n) is 6.12. The third kappa shape index (κ3) is 4.37. The van der Waals surface area contributed by atoms with Crippen LogP contribution in [-0.4, -0.2) is 22.5 Å². The van der Waals surface area contributed by atoms with Crippen LogP contribution in [0.5, 0.6) is 0 Å². The highest BCUT2D eigenvalue weighted by molar-refractivity contribution is 5.07. The van der Waals surface area contributed by atoms with Gasteiger partial charge in [-0.15, -0.1) is 0 Å². The smallest absolute Gasteiger partial charge is 0.158 e. The van der Waals surface area contributed by atoms with Gasteiger partial charge in [-0.05, 0) is 55.8 Å². The number of nitrogens with zero attached hydrogens (tertiary/aromatic N) is 1. The molecule has 4 nitrogen and oxygen atoms in total. The molecule has 24 heavy (non-hydrogen) atoms. The van der Waals surface area contributed by atoms with Crippen molar-refractivity contribution < 1.29 is 9.84 Å². The number of hydrogen-bond acceptors (Lipinski definition) is 4. The molecule has 0 aromatic carbocycles. The maximum Gasteiger partial charge on any atom is 0.158 e. The second-order valence-corrected chi connectivity index (χ2v) is 10.2. The minimum atomic E-state index is -0.778. The van der Waals surface area contributed by atoms with Crippen LogP contribution in [0.3, 0.4) is 0 Å². The second-order valence-electron chi connectivity index (χ2n) is 10.2. The standard InChI is InChI=1S/C20H37NO3/c1-14(2)10-16(18(4,5)6)17(22)24-20-9-7-8-19(13-20,21-23)11-15(3)12-20/h14-17,22H,7-13H2,1-6H3. The number of aliphatic hydroxyl groups is 1. The van der Waals surface area contributed by atoms with Gasteiger partial charge in [-0.2, -0.15) is 4.91 Å². The number of aliphatic hydroxyl groups excluding tert-OH is 1. The highest BCUT2D eigenvalue weighted by Gasteiger charge is 2.53. The molecule has 2 aliphatic carbocycles. The van der Waals surface area contributed by atoms with Crippen LogP contribution in [0.4, 0.5) is 0 Å². The van der Waals surface area contributed by atoms with Crippen molar-refractivity contribution in [1.82, 2.24) is 0 Å². The fraction of sp³-hybridized carbons (Fsp3) is 1.00. The van der Waals surface area contributed by atoms with Crippen LogP contribution in [-0.2, 0) is 4.74 Å². The Labute approximate surface area is 147 Å². The maximum absolute atomic E-state index is 11.5. The van der Waals surface area contributed by atoms with Gasteiger partial charge in [0, 0.05) is 12.3 Å². The van der Waals surface area contributed by atoms with Gasteiger partial charge in [0.15, 0.2) is 6.29 Å². The summed E-state index contributed by atoms with van der Waals surface area (Å²) in [5.41, 5.74) is -0.857. The van der Waals surface area contributed by atoms with Gasteiger partial charge in [-0.1, -0.05) is 46.7 Å². The maximum atomic E-state index is 11.5. The number of nitroso groups, excluding NO2 is 1. The first-order chi connectivity index (χ1) is 11.0. The minimum Gasteiger partial charge on any atom is -0.368 e. The van der Waals surface area contributed by atoms with E-state index in [2.05, 4.69) is 46.7 Å². The molecule has 2 saturated carbocycles. The largest absolute Gasteiger partial charge is 0.368 e. The molecule has 0 amide bonds. The molecule has 2 bridgehead atoms. The number of ether oxygens (including phenoxy) is 1. The molecule has 2 fully saturated rings. The fourth-order valence-corrected chi connectivity index (χ4v) is 5.23. The first-order valence-corrected chi connectivity index (χ1v) is 9.71. The van der Waals surface area contributed by atoms with Gasteiger partial charge in [0.25, 0.3) is 0 Å². The summed E-state index contributed by atoms with van der Waals surface area (Å²) in [6, 6.07) is 0. The third-order valence-corrected chi connectivity index (χ3v) is 6.12. The van der Waals surface area contributed by atoms with Crippen molar-refractivity contribution in [3.05, 3.63) is 4.91 Å². The fourth-order valence-electron chi connectivity index (χ4n) is 5.23. The molecule has 5 atom stereocenters. The van der Waals surface area contributed by atoms with Crippen molar-refractivity contribution in [2.45, 2.75) is 104 Å². The van der Waals surface area contributed by atoms with Crippen LogP contribution in [0.2, 0.25) is 0 Å². The Morgan fingerprint density at radius 3 is 2.46 bits per heavy atom. The molecule has 0 saturated heterocycles. The summed E-state index contributed by atoms with van der Waals surface area (Å²) in [5.74, 6) is 1.02. The van der Waals surface area contributed by atoms with E-state index in [1.807, 2.05) is 0 Å². The van der Waals surface area contributed by atoms with E-state index in [1.54, 1.807) is 0 Å². The van der Waals surface area contributed by atoms with Gasteiger partial charge >= 0.3 is 0 Å². The predicted molar refractivity (Wildman–Crippen MR) is 97.6 cm³/mol. The molecule has 0 aliphatic heterocycles. The predicted octanol–water partition coefficient (Wildman–Crippen LogP) is 5.28. The minimum absolute atomic E-state index is 0.0186. The molecule has 0 aromatic heterocycles. The topological polar surface area (TPSA) is 58.9 Å². The molecule has 4 heteroatoms. The molecule has 0 heterocycles. The van der Waals surface area contributed by atoms with Gasteiger partial charge < -0.3 is 9.84 Å². The van der Waals surface area contributed by atoms with E-state index in [-0.39, 0.29) is 16.9 Å².